The van der Waals surface area contributed by atoms with Crippen molar-refractivity contribution in [3.63, 3.8) is 0 Å². The van der Waals surface area contributed by atoms with Crippen molar-refractivity contribution in [2.75, 3.05) is 24.9 Å². The van der Waals surface area contributed by atoms with Gasteiger partial charge in [-0.15, -0.1) is 0 Å². The molecule has 0 atom stereocenters. The number of benzene rings is 2. The van der Waals surface area contributed by atoms with Gasteiger partial charge in [-0.2, -0.15) is 0 Å². The summed E-state index contributed by atoms with van der Waals surface area (Å²) in [6, 6.07) is 14.2. The van der Waals surface area contributed by atoms with Gasteiger partial charge >= 0.3 is 0 Å². The number of ether oxygens (including phenoxy) is 2. The molecule has 0 aliphatic carbocycles. The Balaban J connectivity index is 1.82. The summed E-state index contributed by atoms with van der Waals surface area (Å²) in [5.41, 5.74) is 3.23. The minimum absolute atomic E-state index is 0.270. The first-order valence-electron chi connectivity index (χ1n) is 8.53. The maximum atomic E-state index is 12.6. The lowest BCUT2D eigenvalue weighted by Gasteiger charge is -2.13. The van der Waals surface area contributed by atoms with E-state index in [0.29, 0.717) is 33.6 Å². The van der Waals surface area contributed by atoms with Gasteiger partial charge in [-0.25, -0.2) is 0 Å². The van der Waals surface area contributed by atoms with Gasteiger partial charge in [-0.1, -0.05) is 17.7 Å². The lowest BCUT2D eigenvalue weighted by molar-refractivity contribution is 0.102. The molecule has 0 saturated carbocycles. The van der Waals surface area contributed by atoms with Crippen LogP contribution < -0.4 is 20.1 Å². The van der Waals surface area contributed by atoms with Crippen LogP contribution in [0.4, 0.5) is 17.1 Å². The van der Waals surface area contributed by atoms with Crippen LogP contribution in [0.2, 0.25) is 5.02 Å². The number of hydrogen-bond acceptors (Lipinski definition) is 5. The number of aromatic nitrogens is 1. The van der Waals surface area contributed by atoms with Crippen LogP contribution in [0.1, 0.15) is 16.1 Å². The molecule has 144 valence electrons. The number of amides is 1. The van der Waals surface area contributed by atoms with Gasteiger partial charge in [-0.05, 0) is 48.9 Å². The molecule has 7 heteroatoms. The minimum Gasteiger partial charge on any atom is -0.497 e. The van der Waals surface area contributed by atoms with Crippen LogP contribution in [-0.4, -0.2) is 25.1 Å². The maximum Gasteiger partial charge on any atom is 0.274 e. The monoisotopic (exact) mass is 397 g/mol. The molecule has 3 aromatic rings. The lowest BCUT2D eigenvalue weighted by Crippen LogP contribution is -2.14. The third-order valence-corrected chi connectivity index (χ3v) is 4.36. The fourth-order valence-electron chi connectivity index (χ4n) is 2.61. The first-order valence-corrected chi connectivity index (χ1v) is 8.90. The topological polar surface area (TPSA) is 72.5 Å². The Hall–Kier alpha value is -3.25. The number of carbonyl (C=O) groups excluding carboxylic acids is 1. The first kappa shape index (κ1) is 19.5. The molecule has 2 aromatic carbocycles. The average Bonchev–Trinajstić information content (AvgIpc) is 2.70. The average molecular weight is 398 g/mol. The van der Waals surface area contributed by atoms with E-state index in [4.69, 9.17) is 21.1 Å². The fraction of sp³-hybridized carbons (Fsp3) is 0.143. The van der Waals surface area contributed by atoms with Gasteiger partial charge in [0.05, 0.1) is 19.9 Å². The van der Waals surface area contributed by atoms with E-state index >= 15 is 0 Å². The van der Waals surface area contributed by atoms with E-state index in [-0.39, 0.29) is 11.6 Å². The number of methoxy groups -OCH3 is 2. The van der Waals surface area contributed by atoms with E-state index in [1.165, 1.54) is 0 Å². The maximum absolute atomic E-state index is 12.6. The zero-order valence-electron chi connectivity index (χ0n) is 15.7. The fourth-order valence-corrected chi connectivity index (χ4v) is 2.79. The molecule has 28 heavy (non-hydrogen) atoms. The molecule has 3 rings (SSSR count). The van der Waals surface area contributed by atoms with Gasteiger partial charge in [-0.3, -0.25) is 9.78 Å². The van der Waals surface area contributed by atoms with Crippen molar-refractivity contribution in [1.82, 2.24) is 4.98 Å². The van der Waals surface area contributed by atoms with Gasteiger partial charge in [0, 0.05) is 28.7 Å². The number of halogens is 1. The van der Waals surface area contributed by atoms with Crippen LogP contribution in [-0.2, 0) is 0 Å². The van der Waals surface area contributed by atoms with E-state index in [2.05, 4.69) is 15.6 Å². The molecule has 6 nitrogen and oxygen atoms in total. The van der Waals surface area contributed by atoms with Gasteiger partial charge in [0.2, 0.25) is 0 Å². The second-order valence-electron chi connectivity index (χ2n) is 6.03. The predicted molar refractivity (Wildman–Crippen MR) is 111 cm³/mol. The second kappa shape index (κ2) is 8.63. The summed E-state index contributed by atoms with van der Waals surface area (Å²) in [5.74, 6) is 1.01. The summed E-state index contributed by atoms with van der Waals surface area (Å²) in [7, 11) is 3.18. The third-order valence-electron chi connectivity index (χ3n) is 4.13. The lowest BCUT2D eigenvalue weighted by atomic mass is 10.2. The third kappa shape index (κ3) is 4.53. The van der Waals surface area contributed by atoms with Crippen LogP contribution in [0, 0.1) is 6.92 Å². The summed E-state index contributed by atoms with van der Waals surface area (Å²) in [6.45, 7) is 1.90. The molecule has 0 bridgehead atoms. The Morgan fingerprint density at radius 2 is 1.82 bits per heavy atom. The van der Waals surface area contributed by atoms with E-state index in [1.807, 2.05) is 25.1 Å². The minimum atomic E-state index is -0.327. The van der Waals surface area contributed by atoms with Crippen LogP contribution in [0.5, 0.6) is 11.5 Å². The van der Waals surface area contributed by atoms with E-state index in [0.717, 1.165) is 5.56 Å². The van der Waals surface area contributed by atoms with Crippen molar-refractivity contribution in [3.8, 4) is 11.5 Å². The molecule has 0 saturated heterocycles. The Bertz CT molecular complexity index is 1010. The molecule has 1 amide bonds. The second-order valence-corrected chi connectivity index (χ2v) is 6.47. The van der Waals surface area contributed by atoms with Gasteiger partial charge in [0.25, 0.3) is 5.91 Å². The van der Waals surface area contributed by atoms with Crippen molar-refractivity contribution >= 4 is 34.6 Å². The van der Waals surface area contributed by atoms with E-state index in [9.17, 15) is 4.79 Å². The highest BCUT2D eigenvalue weighted by molar-refractivity contribution is 6.31. The largest absolute Gasteiger partial charge is 0.497 e. The number of nitrogens with one attached hydrogen (secondary N) is 2. The predicted octanol–water partition coefficient (Wildman–Crippen LogP) is 5.06. The van der Waals surface area contributed by atoms with Crippen molar-refractivity contribution in [2.24, 2.45) is 0 Å². The quantitative estimate of drug-likeness (QED) is 0.608. The SMILES string of the molecule is COc1ccc(OC)c(Nc2ccnc(C(=O)Nc3cc(Cl)ccc3C)c2)c1. The van der Waals surface area contributed by atoms with Gasteiger partial charge in [0.1, 0.15) is 17.2 Å². The molecule has 1 heterocycles. The molecule has 0 aliphatic heterocycles. The van der Waals surface area contributed by atoms with E-state index < -0.39 is 0 Å². The Morgan fingerprint density at radius 1 is 1.00 bits per heavy atom. The highest BCUT2D eigenvalue weighted by atomic mass is 35.5. The summed E-state index contributed by atoms with van der Waals surface area (Å²) < 4.78 is 10.6. The number of carbonyl (C=O) groups is 1. The number of hydrogen-bond donors (Lipinski definition) is 2. The highest BCUT2D eigenvalue weighted by Crippen LogP contribution is 2.31. The smallest absolute Gasteiger partial charge is 0.274 e. The molecular weight excluding hydrogens is 378 g/mol. The molecule has 0 radical (unpaired) electrons. The van der Waals surface area contributed by atoms with E-state index in [1.54, 1.807) is 50.7 Å². The van der Waals surface area contributed by atoms with Crippen molar-refractivity contribution in [2.45, 2.75) is 6.92 Å². The Morgan fingerprint density at radius 3 is 2.57 bits per heavy atom. The summed E-state index contributed by atoms with van der Waals surface area (Å²) in [4.78, 5) is 16.8. The van der Waals surface area contributed by atoms with Crippen molar-refractivity contribution in [3.05, 3.63) is 71.0 Å². The summed E-state index contributed by atoms with van der Waals surface area (Å²) >= 11 is 6.02. The normalized spacial score (nSPS) is 10.3. The summed E-state index contributed by atoms with van der Waals surface area (Å²) in [6.07, 6.45) is 1.56. The molecular formula is C21H20ClN3O3. The number of rotatable bonds is 6. The summed E-state index contributed by atoms with van der Waals surface area (Å²) in [5, 5.41) is 6.62. The van der Waals surface area contributed by atoms with Gasteiger partial charge in [0.15, 0.2) is 0 Å². The standard InChI is InChI=1S/C21H20ClN3O3/c1-13-4-5-14(22)10-17(13)25-21(26)19-11-15(8-9-23-19)24-18-12-16(27-2)6-7-20(18)28-3/h4-12H,1-3H3,(H,23,24)(H,25,26). The van der Waals surface area contributed by atoms with Crippen LogP contribution >= 0.6 is 11.6 Å². The molecule has 0 fully saturated rings. The molecule has 2 N–H and O–H groups in total. The first-order chi connectivity index (χ1) is 13.5. The van der Waals surface area contributed by atoms with Crippen molar-refractivity contribution in [1.29, 1.82) is 0 Å². The molecule has 0 spiro atoms. The number of aryl methyl sites for hydroxylation is 1. The molecule has 0 unspecified atom stereocenters. The zero-order valence-corrected chi connectivity index (χ0v) is 16.5. The van der Waals surface area contributed by atoms with Crippen molar-refractivity contribution < 1.29 is 14.3 Å². The zero-order chi connectivity index (χ0) is 20.1. The Labute approximate surface area is 168 Å². The molecule has 1 aromatic heterocycles. The van der Waals surface area contributed by atoms with Crippen LogP contribution in [0.15, 0.2) is 54.7 Å². The van der Waals surface area contributed by atoms with Crippen LogP contribution in [0.25, 0.3) is 0 Å². The van der Waals surface area contributed by atoms with Gasteiger partial charge < -0.3 is 20.1 Å². The number of anilines is 3. The number of nitrogens with zero attached hydrogens (tertiary/aromatic N) is 1. The number of pyridine rings is 1. The van der Waals surface area contributed by atoms with Crippen LogP contribution in [0.3, 0.4) is 0 Å². The molecule has 0 aliphatic rings. The Kier molecular flexibility index (Phi) is 6.01. The highest BCUT2D eigenvalue weighted by Gasteiger charge is 2.12.